The van der Waals surface area contributed by atoms with Gasteiger partial charge in [-0.15, -0.1) is 0 Å². The van der Waals surface area contributed by atoms with E-state index < -0.39 is 30.1 Å². The molecule has 1 aliphatic rings. The predicted octanol–water partition coefficient (Wildman–Crippen LogP) is -2.57. The van der Waals surface area contributed by atoms with Crippen LogP contribution >= 0.6 is 0 Å². The third kappa shape index (κ3) is 1.65. The molecular formula is C12H14N6O4. The third-order valence-corrected chi connectivity index (χ3v) is 3.84. The highest BCUT2D eigenvalue weighted by molar-refractivity contribution is 5.66. The van der Waals surface area contributed by atoms with Crippen molar-refractivity contribution in [3.8, 4) is 6.07 Å². The molecule has 4 atom stereocenters. The number of nitrogens with two attached hydrogens (primary N) is 2. The van der Waals surface area contributed by atoms with E-state index >= 15 is 0 Å². The molecule has 7 N–H and O–H groups in total. The molecule has 0 saturated carbocycles. The van der Waals surface area contributed by atoms with Crippen LogP contribution in [-0.4, -0.2) is 54.5 Å². The van der Waals surface area contributed by atoms with Gasteiger partial charge in [-0.1, -0.05) is 0 Å². The minimum atomic E-state index is -2.01. The van der Waals surface area contributed by atoms with Crippen molar-refractivity contribution in [1.82, 2.24) is 14.6 Å². The van der Waals surface area contributed by atoms with Gasteiger partial charge in [0.1, 0.15) is 30.1 Å². The van der Waals surface area contributed by atoms with Gasteiger partial charge in [-0.3, -0.25) is 5.73 Å². The molecule has 3 heterocycles. The fourth-order valence-electron chi connectivity index (χ4n) is 2.62. The first-order valence-electron chi connectivity index (χ1n) is 6.35. The largest absolute Gasteiger partial charge is 0.392 e. The number of aromatic nitrogens is 3. The van der Waals surface area contributed by atoms with E-state index in [0.29, 0.717) is 5.52 Å². The lowest BCUT2D eigenvalue weighted by Gasteiger charge is -2.26. The molecule has 0 spiro atoms. The van der Waals surface area contributed by atoms with Gasteiger partial charge in [0, 0.05) is 0 Å². The normalized spacial score (nSPS) is 34.9. The molecule has 3 rings (SSSR count). The summed E-state index contributed by atoms with van der Waals surface area (Å²) < 4.78 is 6.66. The Morgan fingerprint density at radius 1 is 1.41 bits per heavy atom. The van der Waals surface area contributed by atoms with Gasteiger partial charge in [-0.25, -0.2) is 9.50 Å². The van der Waals surface area contributed by atoms with Gasteiger partial charge in [0.05, 0.1) is 12.3 Å². The summed E-state index contributed by atoms with van der Waals surface area (Å²) in [4.78, 5) is 3.82. The summed E-state index contributed by atoms with van der Waals surface area (Å²) in [6.45, 7) is -0.783. The van der Waals surface area contributed by atoms with Gasteiger partial charge < -0.3 is 25.8 Å². The van der Waals surface area contributed by atoms with E-state index in [-0.39, 0.29) is 11.5 Å². The van der Waals surface area contributed by atoms with Crippen LogP contribution in [0.15, 0.2) is 18.5 Å². The van der Waals surface area contributed by atoms with Crippen molar-refractivity contribution < 1.29 is 20.1 Å². The van der Waals surface area contributed by atoms with Crippen molar-refractivity contribution in [2.24, 2.45) is 5.73 Å². The highest BCUT2D eigenvalue weighted by Gasteiger charge is 2.63. The van der Waals surface area contributed by atoms with Gasteiger partial charge in [-0.2, -0.15) is 10.4 Å². The maximum Gasteiger partial charge on any atom is 0.227 e. The molecule has 10 nitrogen and oxygen atoms in total. The number of hydrogen-bond donors (Lipinski definition) is 5. The zero-order valence-electron chi connectivity index (χ0n) is 11.3. The highest BCUT2D eigenvalue weighted by atomic mass is 16.6. The number of fused-ring (bicyclic) bond motifs is 1. The molecule has 2 aromatic heterocycles. The number of nitriles is 1. The van der Waals surface area contributed by atoms with Crippen molar-refractivity contribution in [3.05, 3.63) is 24.2 Å². The number of ether oxygens (including phenoxy) is 1. The second-order valence-electron chi connectivity index (χ2n) is 5.11. The van der Waals surface area contributed by atoms with Gasteiger partial charge in [-0.05, 0) is 12.1 Å². The number of anilines is 1. The van der Waals surface area contributed by atoms with Gasteiger partial charge in [0.15, 0.2) is 11.5 Å². The van der Waals surface area contributed by atoms with Crippen LogP contribution in [-0.2, 0) is 10.3 Å². The predicted molar refractivity (Wildman–Crippen MR) is 71.8 cm³/mol. The molecule has 0 aliphatic carbocycles. The lowest BCUT2D eigenvalue weighted by atomic mass is 9.91. The van der Waals surface area contributed by atoms with Crippen LogP contribution in [0.2, 0.25) is 0 Å². The van der Waals surface area contributed by atoms with Crippen LogP contribution in [0.25, 0.3) is 5.52 Å². The fourth-order valence-corrected chi connectivity index (χ4v) is 2.62. The second-order valence-corrected chi connectivity index (χ2v) is 5.11. The number of rotatable bonds is 2. The van der Waals surface area contributed by atoms with Crippen LogP contribution < -0.4 is 11.5 Å². The maximum absolute atomic E-state index is 10.3. The minimum Gasteiger partial charge on any atom is -0.392 e. The van der Waals surface area contributed by atoms with E-state index in [1.165, 1.54) is 16.9 Å². The summed E-state index contributed by atoms with van der Waals surface area (Å²) in [7, 11) is 0. The molecule has 1 saturated heterocycles. The Balaban J connectivity index is 2.23. The Kier molecular flexibility index (Phi) is 3.06. The molecule has 0 amide bonds. The summed E-state index contributed by atoms with van der Waals surface area (Å²) in [5.74, 6) is 0.170. The topological polar surface area (TPSA) is 176 Å². The molecule has 1 fully saturated rings. The molecule has 0 unspecified atom stereocenters. The molecular weight excluding hydrogens is 292 g/mol. The van der Waals surface area contributed by atoms with Crippen molar-refractivity contribution in [1.29, 1.82) is 5.26 Å². The molecule has 0 bridgehead atoms. The first-order valence-corrected chi connectivity index (χ1v) is 6.35. The quantitative estimate of drug-likeness (QED) is 0.399. The minimum absolute atomic E-state index is 0.117. The molecule has 0 radical (unpaired) electrons. The number of aliphatic hydroxyl groups is 3. The summed E-state index contributed by atoms with van der Waals surface area (Å²) in [5, 5.41) is 43.2. The molecule has 10 heteroatoms. The van der Waals surface area contributed by atoms with Gasteiger partial charge in [0.2, 0.25) is 5.60 Å². The summed E-state index contributed by atoms with van der Waals surface area (Å²) >= 11 is 0. The van der Waals surface area contributed by atoms with Crippen molar-refractivity contribution in [2.75, 3.05) is 12.3 Å². The van der Waals surface area contributed by atoms with Crippen molar-refractivity contribution in [3.63, 3.8) is 0 Å². The Bertz CT molecular complexity index is 773. The Morgan fingerprint density at radius 3 is 2.73 bits per heavy atom. The first-order chi connectivity index (χ1) is 10.4. The van der Waals surface area contributed by atoms with E-state index in [0.717, 1.165) is 0 Å². The summed E-state index contributed by atoms with van der Waals surface area (Å²) in [5.41, 5.74) is 7.98. The van der Waals surface area contributed by atoms with E-state index in [1.807, 2.05) is 6.07 Å². The fraction of sp³-hybridized carbons (Fsp3) is 0.417. The van der Waals surface area contributed by atoms with Gasteiger partial charge in [0.25, 0.3) is 0 Å². The van der Waals surface area contributed by atoms with Crippen LogP contribution in [0.5, 0.6) is 0 Å². The SMILES string of the molecule is N#C[C@@]1(c2ccc3c(N)ncnn23)O[C@](N)(CO)[C@@H](O)[C@H]1O. The van der Waals surface area contributed by atoms with Crippen molar-refractivity contribution >= 4 is 11.3 Å². The van der Waals surface area contributed by atoms with Gasteiger partial charge >= 0.3 is 0 Å². The standard InChI is InChI=1S/C12H14N6O4/c13-3-11(8(20)9(21)12(15,4-19)22-11)7-2-1-6-10(14)16-5-17-18(6)7/h1-2,5,8-9,19-21H,4,15H2,(H2,14,16,17)/t8-,9+,11+,12-/m1/s1. The Hall–Kier alpha value is -2.29. The highest BCUT2D eigenvalue weighted by Crippen LogP contribution is 2.43. The monoisotopic (exact) mass is 306 g/mol. The number of nitrogens with zero attached hydrogens (tertiary/aromatic N) is 4. The molecule has 116 valence electrons. The molecule has 0 aromatic carbocycles. The lowest BCUT2D eigenvalue weighted by Crippen LogP contribution is -2.54. The zero-order chi connectivity index (χ0) is 16.1. The van der Waals surface area contributed by atoms with Crippen molar-refractivity contribution in [2.45, 2.75) is 23.5 Å². The van der Waals surface area contributed by atoms with E-state index in [9.17, 15) is 20.6 Å². The number of aliphatic hydroxyl groups excluding tert-OH is 3. The van der Waals surface area contributed by atoms with E-state index in [1.54, 1.807) is 6.07 Å². The Morgan fingerprint density at radius 2 is 2.14 bits per heavy atom. The lowest BCUT2D eigenvalue weighted by molar-refractivity contribution is -0.131. The van der Waals surface area contributed by atoms with E-state index in [2.05, 4.69) is 10.1 Å². The number of nitrogen functional groups attached to an aromatic ring is 1. The average molecular weight is 306 g/mol. The summed E-state index contributed by atoms with van der Waals surface area (Å²) in [6, 6.07) is 4.82. The third-order valence-electron chi connectivity index (χ3n) is 3.84. The van der Waals surface area contributed by atoms with Crippen LogP contribution in [0.1, 0.15) is 5.69 Å². The van der Waals surface area contributed by atoms with Crippen LogP contribution in [0.4, 0.5) is 5.82 Å². The summed E-state index contributed by atoms with van der Waals surface area (Å²) in [6.07, 6.45) is -2.18. The molecule has 22 heavy (non-hydrogen) atoms. The van der Waals surface area contributed by atoms with Crippen LogP contribution in [0.3, 0.4) is 0 Å². The Labute approximate surface area is 124 Å². The maximum atomic E-state index is 10.3. The average Bonchev–Trinajstić information content (AvgIpc) is 3.03. The first kappa shape index (κ1) is 14.6. The molecule has 2 aromatic rings. The zero-order valence-corrected chi connectivity index (χ0v) is 11.3. The van der Waals surface area contributed by atoms with E-state index in [4.69, 9.17) is 16.2 Å². The van der Waals surface area contributed by atoms with Crippen LogP contribution in [0, 0.1) is 11.3 Å². The smallest absolute Gasteiger partial charge is 0.227 e. The molecule has 1 aliphatic heterocycles. The number of hydrogen-bond acceptors (Lipinski definition) is 9. The second kappa shape index (κ2) is 4.60.